The maximum atomic E-state index is 11.8. The van der Waals surface area contributed by atoms with Crippen LogP contribution < -0.4 is 11.1 Å². The standard InChI is InChI=1S/C16H17N3O2/c1-11-5-6-13(12(2)10-11)17-8-9-19-15-14(21-16(19)20)4-3-7-18-15/h3-7,10,17H,8-9H2,1-2H3. The maximum Gasteiger partial charge on any atom is 0.421 e. The molecule has 108 valence electrons. The number of aryl methyl sites for hydroxylation is 2. The second kappa shape index (κ2) is 5.44. The van der Waals surface area contributed by atoms with Gasteiger partial charge in [-0.3, -0.25) is 4.57 Å². The molecule has 1 N–H and O–H groups in total. The molecule has 0 bridgehead atoms. The summed E-state index contributed by atoms with van der Waals surface area (Å²) in [5, 5.41) is 3.34. The largest absolute Gasteiger partial charge is 0.421 e. The number of aromatic nitrogens is 2. The van der Waals surface area contributed by atoms with E-state index in [1.54, 1.807) is 22.9 Å². The molecule has 2 heterocycles. The fourth-order valence-corrected chi connectivity index (χ4v) is 2.41. The van der Waals surface area contributed by atoms with Gasteiger partial charge in [0.05, 0.1) is 0 Å². The van der Waals surface area contributed by atoms with Crippen LogP contribution in [0, 0.1) is 13.8 Å². The number of pyridine rings is 1. The number of fused-ring (bicyclic) bond motifs is 1. The molecule has 0 radical (unpaired) electrons. The van der Waals surface area contributed by atoms with Gasteiger partial charge < -0.3 is 9.73 Å². The monoisotopic (exact) mass is 283 g/mol. The summed E-state index contributed by atoms with van der Waals surface area (Å²) in [6.07, 6.45) is 1.66. The summed E-state index contributed by atoms with van der Waals surface area (Å²) in [4.78, 5) is 16.0. The van der Waals surface area contributed by atoms with Gasteiger partial charge in [-0.25, -0.2) is 9.78 Å². The molecule has 0 amide bonds. The van der Waals surface area contributed by atoms with E-state index in [-0.39, 0.29) is 5.76 Å². The lowest BCUT2D eigenvalue weighted by Gasteiger charge is -2.10. The van der Waals surface area contributed by atoms with Gasteiger partial charge in [-0.1, -0.05) is 17.7 Å². The molecule has 5 nitrogen and oxygen atoms in total. The van der Waals surface area contributed by atoms with Crippen LogP contribution in [0.4, 0.5) is 5.69 Å². The minimum atomic E-state index is -0.369. The third-order valence-electron chi connectivity index (χ3n) is 3.46. The second-order valence-electron chi connectivity index (χ2n) is 5.09. The Morgan fingerprint density at radius 1 is 1.29 bits per heavy atom. The first-order chi connectivity index (χ1) is 10.1. The first-order valence-corrected chi connectivity index (χ1v) is 6.90. The third kappa shape index (κ3) is 2.67. The van der Waals surface area contributed by atoms with Crippen molar-refractivity contribution in [2.75, 3.05) is 11.9 Å². The van der Waals surface area contributed by atoms with E-state index in [9.17, 15) is 4.79 Å². The minimum absolute atomic E-state index is 0.369. The molecule has 0 unspecified atom stereocenters. The van der Waals surface area contributed by atoms with Crippen molar-refractivity contribution >= 4 is 16.9 Å². The predicted octanol–water partition coefficient (Wildman–Crippen LogP) is 2.72. The zero-order valence-electron chi connectivity index (χ0n) is 12.1. The highest BCUT2D eigenvalue weighted by molar-refractivity contribution is 5.67. The van der Waals surface area contributed by atoms with E-state index in [1.165, 1.54) is 11.1 Å². The summed E-state index contributed by atoms with van der Waals surface area (Å²) in [6, 6.07) is 9.75. The van der Waals surface area contributed by atoms with Crippen LogP contribution >= 0.6 is 0 Å². The Hall–Kier alpha value is -2.56. The highest BCUT2D eigenvalue weighted by Crippen LogP contribution is 2.16. The van der Waals surface area contributed by atoms with Crippen molar-refractivity contribution in [3.63, 3.8) is 0 Å². The quantitative estimate of drug-likeness (QED) is 0.799. The molecule has 0 spiro atoms. The molecule has 3 rings (SSSR count). The van der Waals surface area contributed by atoms with Crippen molar-refractivity contribution in [2.24, 2.45) is 0 Å². The summed E-state index contributed by atoms with van der Waals surface area (Å²) in [5.41, 5.74) is 4.62. The van der Waals surface area contributed by atoms with E-state index >= 15 is 0 Å². The lowest BCUT2D eigenvalue weighted by Crippen LogP contribution is -2.20. The highest BCUT2D eigenvalue weighted by atomic mass is 16.4. The molecule has 21 heavy (non-hydrogen) atoms. The molecule has 5 heteroatoms. The van der Waals surface area contributed by atoms with Crippen LogP contribution in [-0.4, -0.2) is 16.1 Å². The average molecular weight is 283 g/mol. The number of hydrogen-bond donors (Lipinski definition) is 1. The van der Waals surface area contributed by atoms with Gasteiger partial charge in [-0.2, -0.15) is 0 Å². The summed E-state index contributed by atoms with van der Waals surface area (Å²) in [6.45, 7) is 5.28. The third-order valence-corrected chi connectivity index (χ3v) is 3.46. The zero-order chi connectivity index (χ0) is 14.8. The van der Waals surface area contributed by atoms with Crippen LogP contribution in [0.1, 0.15) is 11.1 Å². The van der Waals surface area contributed by atoms with E-state index in [4.69, 9.17) is 4.42 Å². The summed E-state index contributed by atoms with van der Waals surface area (Å²) in [5.74, 6) is -0.369. The molecular formula is C16H17N3O2. The van der Waals surface area contributed by atoms with Gasteiger partial charge in [0.1, 0.15) is 0 Å². The normalized spacial score (nSPS) is 11.0. The first-order valence-electron chi connectivity index (χ1n) is 6.90. The molecule has 0 saturated heterocycles. The van der Waals surface area contributed by atoms with E-state index in [0.29, 0.717) is 24.3 Å². The van der Waals surface area contributed by atoms with Gasteiger partial charge in [-0.05, 0) is 37.6 Å². The van der Waals surface area contributed by atoms with E-state index in [1.807, 2.05) is 0 Å². The van der Waals surface area contributed by atoms with Crippen LogP contribution in [-0.2, 0) is 6.54 Å². The zero-order valence-corrected chi connectivity index (χ0v) is 12.1. The molecule has 0 atom stereocenters. The minimum Gasteiger partial charge on any atom is -0.406 e. The molecule has 0 fully saturated rings. The molecule has 1 aromatic carbocycles. The Labute approximate surface area is 122 Å². The van der Waals surface area contributed by atoms with Gasteiger partial charge in [-0.15, -0.1) is 0 Å². The number of nitrogens with one attached hydrogen (secondary N) is 1. The van der Waals surface area contributed by atoms with Crippen molar-refractivity contribution in [1.82, 2.24) is 9.55 Å². The van der Waals surface area contributed by atoms with Gasteiger partial charge in [0.2, 0.25) is 0 Å². The fraction of sp³-hybridized carbons (Fsp3) is 0.250. The van der Waals surface area contributed by atoms with Crippen molar-refractivity contribution in [3.8, 4) is 0 Å². The Balaban J connectivity index is 1.75. The predicted molar refractivity (Wildman–Crippen MR) is 82.7 cm³/mol. The van der Waals surface area contributed by atoms with Crippen LogP contribution in [0.25, 0.3) is 11.2 Å². The number of benzene rings is 1. The average Bonchev–Trinajstić information content (AvgIpc) is 2.77. The highest BCUT2D eigenvalue weighted by Gasteiger charge is 2.09. The van der Waals surface area contributed by atoms with Gasteiger partial charge in [0, 0.05) is 25.0 Å². The van der Waals surface area contributed by atoms with Crippen molar-refractivity contribution in [2.45, 2.75) is 20.4 Å². The fourth-order valence-electron chi connectivity index (χ4n) is 2.41. The molecule has 0 aliphatic heterocycles. The maximum absolute atomic E-state index is 11.8. The number of rotatable bonds is 4. The Morgan fingerprint density at radius 3 is 2.95 bits per heavy atom. The second-order valence-corrected chi connectivity index (χ2v) is 5.09. The van der Waals surface area contributed by atoms with E-state index in [2.05, 4.69) is 42.3 Å². The van der Waals surface area contributed by atoms with Gasteiger partial charge in [0.25, 0.3) is 0 Å². The SMILES string of the molecule is Cc1ccc(NCCn2c(=O)oc3cccnc32)c(C)c1. The van der Waals surface area contributed by atoms with E-state index in [0.717, 1.165) is 5.69 Å². The summed E-state index contributed by atoms with van der Waals surface area (Å²) >= 11 is 0. The number of nitrogens with zero attached hydrogens (tertiary/aromatic N) is 2. The van der Waals surface area contributed by atoms with Crippen LogP contribution in [0.3, 0.4) is 0 Å². The molecule has 3 aromatic rings. The van der Waals surface area contributed by atoms with Gasteiger partial charge >= 0.3 is 5.76 Å². The lowest BCUT2D eigenvalue weighted by atomic mass is 10.1. The summed E-state index contributed by atoms with van der Waals surface area (Å²) in [7, 11) is 0. The van der Waals surface area contributed by atoms with Crippen molar-refractivity contribution in [3.05, 3.63) is 58.2 Å². The summed E-state index contributed by atoms with van der Waals surface area (Å²) < 4.78 is 6.71. The van der Waals surface area contributed by atoms with Crippen LogP contribution in [0.2, 0.25) is 0 Å². The Morgan fingerprint density at radius 2 is 2.14 bits per heavy atom. The number of hydrogen-bond acceptors (Lipinski definition) is 4. The Bertz CT molecular complexity index is 833. The molecule has 0 aliphatic rings. The van der Waals surface area contributed by atoms with Crippen molar-refractivity contribution in [1.29, 1.82) is 0 Å². The molecule has 0 aliphatic carbocycles. The van der Waals surface area contributed by atoms with Crippen LogP contribution in [0.15, 0.2) is 45.7 Å². The number of oxazole rings is 1. The lowest BCUT2D eigenvalue weighted by molar-refractivity contribution is 0.509. The topological polar surface area (TPSA) is 60.1 Å². The number of anilines is 1. The molecule has 0 saturated carbocycles. The molecular weight excluding hydrogens is 266 g/mol. The first kappa shape index (κ1) is 13.4. The Kier molecular flexibility index (Phi) is 3.48. The van der Waals surface area contributed by atoms with Gasteiger partial charge in [0.15, 0.2) is 11.2 Å². The smallest absolute Gasteiger partial charge is 0.406 e. The van der Waals surface area contributed by atoms with Crippen molar-refractivity contribution < 1.29 is 4.42 Å². The van der Waals surface area contributed by atoms with Crippen LogP contribution in [0.5, 0.6) is 0 Å². The molecule has 2 aromatic heterocycles. The van der Waals surface area contributed by atoms with E-state index < -0.39 is 0 Å².